The van der Waals surface area contributed by atoms with Crippen LogP contribution in [0.1, 0.15) is 32.9 Å². The molecule has 0 aliphatic rings. The quantitative estimate of drug-likeness (QED) is 0.169. The van der Waals surface area contributed by atoms with E-state index in [-0.39, 0.29) is 5.69 Å². The van der Waals surface area contributed by atoms with Crippen LogP contribution in [0.25, 0.3) is 71.3 Å². The van der Waals surface area contributed by atoms with Gasteiger partial charge >= 0.3 is 0 Å². The van der Waals surface area contributed by atoms with E-state index in [1.165, 1.54) is 12.1 Å². The Balaban J connectivity index is 1.43. The van der Waals surface area contributed by atoms with Crippen molar-refractivity contribution < 1.29 is 32.9 Å². The van der Waals surface area contributed by atoms with Crippen LogP contribution in [0.3, 0.4) is 0 Å². The molecule has 0 atom stereocenters. The molecule has 0 fully saturated rings. The van der Waals surface area contributed by atoms with Gasteiger partial charge in [-0.3, -0.25) is 0 Å². The monoisotopic (exact) mass is 686 g/mol. The molecule has 244 valence electrons. The maximum Gasteiger partial charge on any atom is 0.0652 e. The lowest BCUT2D eigenvalue weighted by Gasteiger charge is -2.27. The Kier molecular flexibility index (Phi) is 3.44. The standard InChI is InChI=1S/C50H34N2/c1-3-12-35(13-4-1)37-24-28-43(29-25-37)51(44-19-11-16-40(33-44)41-23-22-36-14-7-8-15-39(36)32-41)45-30-26-38-27-31-47-46-20-9-10-21-49(46)52(50(47)48(38)34-45)42-17-5-2-6-18-42/h1-34H/i2D,5D,6D,7D,8D,9D,10D,11D,14D,15D,16D,17D,19D,20D,21D,22D,23D,26D,27D,30D,31D,32D,33D,34D. The van der Waals surface area contributed by atoms with Gasteiger partial charge in [0.1, 0.15) is 0 Å². The van der Waals surface area contributed by atoms with Gasteiger partial charge in [0, 0.05) is 38.9 Å². The lowest BCUT2D eigenvalue weighted by Crippen LogP contribution is -2.10. The molecule has 10 aromatic rings. The molecular weight excluding hydrogens is 629 g/mol. The number of benzene rings is 9. The minimum Gasteiger partial charge on any atom is -0.310 e. The predicted molar refractivity (Wildman–Crippen MR) is 221 cm³/mol. The SMILES string of the molecule is [2H]c1cc(-n2c3c([2H])c([2H])c([2H])c([2H])c3c3c([2H])c([2H])c4c([2H])c([2H])c(N(c5ccc(-c6ccccc6)cc5)c5c([2H])c([2H])c([2H])c(-c6c([2H])c([2H])c7c([2H])c([2H])c([2H])c([2H])c7c6[2H])c5[2H])c([2H])c4c32)c([2H])c([2H])c1[2H]. The van der Waals surface area contributed by atoms with Crippen molar-refractivity contribution in [1.29, 1.82) is 0 Å². The van der Waals surface area contributed by atoms with Crippen molar-refractivity contribution >= 4 is 60.4 Å². The second-order valence-electron chi connectivity index (χ2n) is 11.5. The highest BCUT2D eigenvalue weighted by Gasteiger charge is 2.18. The van der Waals surface area contributed by atoms with Crippen molar-refractivity contribution in [3.05, 3.63) is 206 Å². The summed E-state index contributed by atoms with van der Waals surface area (Å²) < 4.78 is 219. The van der Waals surface area contributed by atoms with E-state index in [1.54, 1.807) is 42.5 Å². The third-order valence-corrected chi connectivity index (χ3v) is 8.52. The molecule has 0 saturated carbocycles. The Hall–Kier alpha value is -6.90. The van der Waals surface area contributed by atoms with Crippen LogP contribution >= 0.6 is 0 Å². The molecule has 0 amide bonds. The van der Waals surface area contributed by atoms with Gasteiger partial charge in [0.2, 0.25) is 0 Å². The summed E-state index contributed by atoms with van der Waals surface area (Å²) >= 11 is 0. The Morgan fingerprint density at radius 3 is 2.02 bits per heavy atom. The van der Waals surface area contributed by atoms with Crippen LogP contribution in [-0.4, -0.2) is 4.57 Å². The first-order chi connectivity index (χ1) is 35.8. The number of fused-ring (bicyclic) bond motifs is 6. The summed E-state index contributed by atoms with van der Waals surface area (Å²) in [6, 6.07) is -3.19. The zero-order valence-electron chi connectivity index (χ0n) is 50.7. The van der Waals surface area contributed by atoms with Gasteiger partial charge in [0.05, 0.1) is 43.9 Å². The fraction of sp³-hybridized carbons (Fsp3) is 0. The van der Waals surface area contributed by atoms with E-state index in [0.717, 1.165) is 21.1 Å². The number of para-hydroxylation sites is 2. The Morgan fingerprint density at radius 2 is 1.12 bits per heavy atom. The average Bonchev–Trinajstić information content (AvgIpc) is 3.87. The highest BCUT2D eigenvalue weighted by molar-refractivity contribution is 6.19. The summed E-state index contributed by atoms with van der Waals surface area (Å²) in [6.07, 6.45) is 0. The van der Waals surface area contributed by atoms with Crippen LogP contribution in [0.15, 0.2) is 206 Å². The summed E-state index contributed by atoms with van der Waals surface area (Å²) in [5.74, 6) is 0. The molecule has 1 aromatic heterocycles. The zero-order chi connectivity index (χ0) is 55.3. The van der Waals surface area contributed by atoms with Gasteiger partial charge in [0.25, 0.3) is 0 Å². The van der Waals surface area contributed by atoms with Crippen LogP contribution in [-0.2, 0) is 0 Å². The number of hydrogen-bond acceptors (Lipinski definition) is 1. The van der Waals surface area contributed by atoms with Crippen molar-refractivity contribution in [2.45, 2.75) is 0 Å². The molecule has 0 aliphatic heterocycles. The number of rotatable bonds is 6. The first-order valence-electron chi connectivity index (χ1n) is 27.9. The molecule has 1 heterocycles. The first kappa shape index (κ1) is 14.4. The van der Waals surface area contributed by atoms with Crippen molar-refractivity contribution in [2.24, 2.45) is 0 Å². The largest absolute Gasteiger partial charge is 0.310 e. The normalized spacial score (nSPS) is 17.9. The lowest BCUT2D eigenvalue weighted by molar-refractivity contribution is 1.19. The topological polar surface area (TPSA) is 8.17 Å². The second-order valence-corrected chi connectivity index (χ2v) is 11.5. The van der Waals surface area contributed by atoms with Crippen LogP contribution in [0.2, 0.25) is 0 Å². The van der Waals surface area contributed by atoms with Crippen LogP contribution in [0, 0.1) is 0 Å². The van der Waals surface area contributed by atoms with Gasteiger partial charge in [-0.15, -0.1) is 0 Å². The Labute approximate surface area is 336 Å². The number of aromatic nitrogens is 1. The molecule has 0 N–H and O–H groups in total. The summed E-state index contributed by atoms with van der Waals surface area (Å²) in [6.45, 7) is 0. The smallest absolute Gasteiger partial charge is 0.0652 e. The molecule has 0 spiro atoms. The highest BCUT2D eigenvalue weighted by atomic mass is 15.1. The van der Waals surface area contributed by atoms with E-state index >= 15 is 0 Å². The summed E-state index contributed by atoms with van der Waals surface area (Å²) in [5, 5.41) is -2.92. The Morgan fingerprint density at radius 1 is 0.385 bits per heavy atom. The predicted octanol–water partition coefficient (Wildman–Crippen LogP) is 13.9. The minimum atomic E-state index is -0.950. The maximum atomic E-state index is 10.3. The third kappa shape index (κ3) is 5.12. The molecule has 2 nitrogen and oxygen atoms in total. The molecule has 0 bridgehead atoms. The fourth-order valence-electron chi connectivity index (χ4n) is 6.17. The third-order valence-electron chi connectivity index (χ3n) is 8.52. The highest BCUT2D eigenvalue weighted by Crippen LogP contribution is 2.42. The van der Waals surface area contributed by atoms with E-state index in [2.05, 4.69) is 0 Å². The summed E-state index contributed by atoms with van der Waals surface area (Å²) in [7, 11) is 0. The molecule has 0 unspecified atom stereocenters. The zero-order valence-corrected chi connectivity index (χ0v) is 26.7. The van der Waals surface area contributed by atoms with E-state index in [0.29, 0.717) is 5.56 Å². The molecular formula is C50H34N2. The number of anilines is 3. The molecule has 2 heteroatoms. The van der Waals surface area contributed by atoms with Gasteiger partial charge in [-0.1, -0.05) is 145 Å². The Bertz CT molecular complexity index is 4270. The van der Waals surface area contributed by atoms with Crippen molar-refractivity contribution in [3.8, 4) is 27.9 Å². The minimum absolute atomic E-state index is 0.0757. The van der Waals surface area contributed by atoms with Gasteiger partial charge in [-0.25, -0.2) is 0 Å². The summed E-state index contributed by atoms with van der Waals surface area (Å²) in [4.78, 5) is 0.964. The maximum absolute atomic E-state index is 10.3. The van der Waals surface area contributed by atoms with Gasteiger partial charge in [0.15, 0.2) is 0 Å². The molecule has 9 aromatic carbocycles. The van der Waals surface area contributed by atoms with Crippen molar-refractivity contribution in [2.75, 3.05) is 4.90 Å². The molecule has 10 rings (SSSR count). The number of hydrogen-bond donors (Lipinski definition) is 0. The van der Waals surface area contributed by atoms with E-state index < -0.39 is 217 Å². The molecule has 52 heavy (non-hydrogen) atoms. The lowest BCUT2D eigenvalue weighted by atomic mass is 10.00. The van der Waals surface area contributed by atoms with Crippen LogP contribution in [0.4, 0.5) is 17.1 Å². The fourth-order valence-corrected chi connectivity index (χ4v) is 6.17. The summed E-state index contributed by atoms with van der Waals surface area (Å²) in [5.41, 5.74) is -2.86. The van der Waals surface area contributed by atoms with Gasteiger partial charge < -0.3 is 9.47 Å². The van der Waals surface area contributed by atoms with Gasteiger partial charge in [-0.05, 0) is 98.9 Å². The average molecular weight is 687 g/mol. The molecule has 0 aliphatic carbocycles. The molecule has 0 saturated heterocycles. The van der Waals surface area contributed by atoms with Crippen molar-refractivity contribution in [1.82, 2.24) is 4.57 Å². The second kappa shape index (κ2) is 12.5. The number of nitrogens with zero attached hydrogens (tertiary/aromatic N) is 2. The van der Waals surface area contributed by atoms with Crippen LogP contribution in [0.5, 0.6) is 0 Å². The van der Waals surface area contributed by atoms with Crippen LogP contribution < -0.4 is 4.90 Å². The first-order valence-corrected chi connectivity index (χ1v) is 15.9. The van der Waals surface area contributed by atoms with E-state index in [4.69, 9.17) is 19.2 Å². The van der Waals surface area contributed by atoms with Crippen molar-refractivity contribution in [3.63, 3.8) is 0 Å². The molecule has 0 radical (unpaired) electrons. The van der Waals surface area contributed by atoms with E-state index in [1.807, 2.05) is 0 Å². The van der Waals surface area contributed by atoms with Gasteiger partial charge in [-0.2, -0.15) is 0 Å². The van der Waals surface area contributed by atoms with E-state index in [9.17, 15) is 13.7 Å².